The molecule has 6 heteroatoms. The fourth-order valence-corrected chi connectivity index (χ4v) is 3.43. The molecule has 5 nitrogen and oxygen atoms in total. The molecule has 1 aromatic heterocycles. The number of hydrogen-bond donors (Lipinski definition) is 2. The number of nitrogens with zero attached hydrogens (tertiary/aromatic N) is 2. The number of aromatic nitrogens is 2. The van der Waals surface area contributed by atoms with E-state index < -0.39 is 0 Å². The van der Waals surface area contributed by atoms with E-state index in [1.165, 1.54) is 0 Å². The van der Waals surface area contributed by atoms with Crippen LogP contribution in [0.3, 0.4) is 0 Å². The SMILES string of the molecule is NNC(=O)c1nn(-c2ccccc2)c2c1CCc1cc(Cl)ccc1-2. The van der Waals surface area contributed by atoms with Crippen molar-refractivity contribution in [2.24, 2.45) is 5.84 Å². The Balaban J connectivity index is 2.01. The van der Waals surface area contributed by atoms with E-state index in [2.05, 4.69) is 10.5 Å². The molecular weight excluding hydrogens is 324 g/mol. The average molecular weight is 339 g/mol. The average Bonchev–Trinajstić information content (AvgIpc) is 3.01. The van der Waals surface area contributed by atoms with Gasteiger partial charge >= 0.3 is 0 Å². The third-order valence-electron chi connectivity index (χ3n) is 4.30. The van der Waals surface area contributed by atoms with Gasteiger partial charge in [0.15, 0.2) is 5.69 Å². The smallest absolute Gasteiger partial charge is 0.285 e. The van der Waals surface area contributed by atoms with Gasteiger partial charge in [-0.3, -0.25) is 10.2 Å². The highest BCUT2D eigenvalue weighted by Crippen LogP contribution is 2.37. The van der Waals surface area contributed by atoms with E-state index in [0.29, 0.717) is 10.7 Å². The number of nitrogens with one attached hydrogen (secondary N) is 1. The number of halogens is 1. The topological polar surface area (TPSA) is 72.9 Å². The summed E-state index contributed by atoms with van der Waals surface area (Å²) in [5.74, 6) is 4.96. The molecule has 4 rings (SSSR count). The second-order valence-corrected chi connectivity index (χ2v) is 6.13. The molecule has 3 N–H and O–H groups in total. The lowest BCUT2D eigenvalue weighted by atomic mass is 9.88. The van der Waals surface area contributed by atoms with Crippen LogP contribution in [0.2, 0.25) is 5.02 Å². The van der Waals surface area contributed by atoms with Crippen LogP contribution in [0.15, 0.2) is 48.5 Å². The fraction of sp³-hybridized carbons (Fsp3) is 0.111. The van der Waals surface area contributed by atoms with E-state index in [9.17, 15) is 4.79 Å². The van der Waals surface area contributed by atoms with Crippen molar-refractivity contribution < 1.29 is 4.79 Å². The Kier molecular flexibility index (Phi) is 3.59. The van der Waals surface area contributed by atoms with Crippen molar-refractivity contribution in [3.63, 3.8) is 0 Å². The third kappa shape index (κ3) is 2.29. The van der Waals surface area contributed by atoms with Gasteiger partial charge in [-0.05, 0) is 42.7 Å². The van der Waals surface area contributed by atoms with Gasteiger partial charge in [0.2, 0.25) is 0 Å². The van der Waals surface area contributed by atoms with Gasteiger partial charge in [0, 0.05) is 16.1 Å². The predicted octanol–water partition coefficient (Wildman–Crippen LogP) is 2.89. The van der Waals surface area contributed by atoms with Gasteiger partial charge in [-0.2, -0.15) is 5.10 Å². The Morgan fingerprint density at radius 3 is 2.71 bits per heavy atom. The molecule has 0 saturated carbocycles. The molecule has 0 saturated heterocycles. The summed E-state index contributed by atoms with van der Waals surface area (Å²) in [5.41, 5.74) is 7.51. The second-order valence-electron chi connectivity index (χ2n) is 5.70. The van der Waals surface area contributed by atoms with Crippen LogP contribution in [0.4, 0.5) is 0 Å². The van der Waals surface area contributed by atoms with E-state index in [-0.39, 0.29) is 5.91 Å². The maximum atomic E-state index is 12.2. The minimum absolute atomic E-state index is 0.372. The van der Waals surface area contributed by atoms with Gasteiger partial charge in [-0.25, -0.2) is 10.5 Å². The summed E-state index contributed by atoms with van der Waals surface area (Å²) in [6, 6.07) is 15.6. The van der Waals surface area contributed by atoms with Gasteiger partial charge in [0.25, 0.3) is 5.91 Å². The van der Waals surface area contributed by atoms with Crippen molar-refractivity contribution in [3.8, 4) is 16.9 Å². The first-order chi connectivity index (χ1) is 11.7. The number of hydrogen-bond acceptors (Lipinski definition) is 3. The Hall–Kier alpha value is -2.63. The molecule has 1 aliphatic rings. The van der Waals surface area contributed by atoms with Crippen molar-refractivity contribution in [2.75, 3.05) is 0 Å². The predicted molar refractivity (Wildman–Crippen MR) is 93.1 cm³/mol. The Morgan fingerprint density at radius 2 is 1.96 bits per heavy atom. The summed E-state index contributed by atoms with van der Waals surface area (Å²) >= 11 is 6.14. The van der Waals surface area contributed by atoms with Gasteiger partial charge in [-0.15, -0.1) is 0 Å². The number of para-hydroxylation sites is 1. The van der Waals surface area contributed by atoms with Crippen LogP contribution in [0.5, 0.6) is 0 Å². The number of hydrazine groups is 1. The minimum Gasteiger partial charge on any atom is -0.289 e. The van der Waals surface area contributed by atoms with Gasteiger partial charge in [0.1, 0.15) is 0 Å². The molecule has 3 aromatic rings. The number of amides is 1. The first-order valence-corrected chi connectivity index (χ1v) is 8.04. The molecule has 1 aliphatic carbocycles. The van der Waals surface area contributed by atoms with Gasteiger partial charge < -0.3 is 0 Å². The zero-order valence-corrected chi connectivity index (χ0v) is 13.5. The van der Waals surface area contributed by atoms with Crippen molar-refractivity contribution in [2.45, 2.75) is 12.8 Å². The largest absolute Gasteiger partial charge is 0.289 e. The number of carbonyl (C=O) groups excluding carboxylic acids is 1. The molecule has 0 fully saturated rings. The monoisotopic (exact) mass is 338 g/mol. The first kappa shape index (κ1) is 14.9. The number of nitrogens with two attached hydrogens (primary N) is 1. The van der Waals surface area contributed by atoms with Crippen LogP contribution < -0.4 is 11.3 Å². The molecule has 1 amide bonds. The molecule has 0 unspecified atom stereocenters. The number of rotatable bonds is 2. The van der Waals surface area contributed by atoms with Crippen molar-refractivity contribution in [3.05, 3.63) is 70.4 Å². The summed E-state index contributed by atoms with van der Waals surface area (Å²) in [6.07, 6.45) is 1.53. The molecule has 0 spiro atoms. The van der Waals surface area contributed by atoms with E-state index in [0.717, 1.165) is 40.9 Å². The number of fused-ring (bicyclic) bond motifs is 3. The van der Waals surface area contributed by atoms with Crippen LogP contribution in [-0.2, 0) is 12.8 Å². The van der Waals surface area contributed by atoms with Crippen LogP contribution in [0.25, 0.3) is 16.9 Å². The number of aryl methyl sites for hydroxylation is 1. The maximum absolute atomic E-state index is 12.2. The molecule has 0 bridgehead atoms. The molecule has 0 aliphatic heterocycles. The van der Waals surface area contributed by atoms with Crippen molar-refractivity contribution >= 4 is 17.5 Å². The number of carbonyl (C=O) groups is 1. The van der Waals surface area contributed by atoms with Gasteiger partial charge in [-0.1, -0.05) is 35.9 Å². The fourth-order valence-electron chi connectivity index (χ4n) is 3.23. The molecule has 1 heterocycles. The lowest BCUT2D eigenvalue weighted by Gasteiger charge is -2.19. The highest BCUT2D eigenvalue weighted by Gasteiger charge is 2.28. The van der Waals surface area contributed by atoms with E-state index in [1.54, 1.807) is 0 Å². The normalized spacial score (nSPS) is 12.4. The van der Waals surface area contributed by atoms with Crippen LogP contribution in [-0.4, -0.2) is 15.7 Å². The molecule has 2 aromatic carbocycles. The lowest BCUT2D eigenvalue weighted by molar-refractivity contribution is 0.0947. The Morgan fingerprint density at radius 1 is 1.17 bits per heavy atom. The molecular formula is C18H15ClN4O. The summed E-state index contributed by atoms with van der Waals surface area (Å²) in [5, 5.41) is 5.26. The minimum atomic E-state index is -0.377. The Labute approximate surface area is 144 Å². The highest BCUT2D eigenvalue weighted by molar-refractivity contribution is 6.30. The number of nitrogen functional groups attached to an aromatic ring is 1. The summed E-state index contributed by atoms with van der Waals surface area (Å²) in [6.45, 7) is 0. The van der Waals surface area contributed by atoms with Crippen LogP contribution >= 0.6 is 11.6 Å². The van der Waals surface area contributed by atoms with E-state index in [1.807, 2.05) is 53.2 Å². The third-order valence-corrected chi connectivity index (χ3v) is 4.53. The zero-order chi connectivity index (χ0) is 16.7. The quantitative estimate of drug-likeness (QED) is 0.428. The molecule has 120 valence electrons. The van der Waals surface area contributed by atoms with Crippen LogP contribution in [0.1, 0.15) is 21.6 Å². The molecule has 0 atom stereocenters. The lowest BCUT2D eigenvalue weighted by Crippen LogP contribution is -2.31. The van der Waals surface area contributed by atoms with Crippen LogP contribution in [0, 0.1) is 0 Å². The van der Waals surface area contributed by atoms with Gasteiger partial charge in [0.05, 0.1) is 11.4 Å². The summed E-state index contributed by atoms with van der Waals surface area (Å²) < 4.78 is 1.81. The second kappa shape index (κ2) is 5.78. The highest BCUT2D eigenvalue weighted by atomic mass is 35.5. The summed E-state index contributed by atoms with van der Waals surface area (Å²) in [7, 11) is 0. The van der Waals surface area contributed by atoms with Crippen molar-refractivity contribution in [1.82, 2.24) is 15.2 Å². The zero-order valence-electron chi connectivity index (χ0n) is 12.8. The van der Waals surface area contributed by atoms with E-state index >= 15 is 0 Å². The maximum Gasteiger partial charge on any atom is 0.285 e. The Bertz CT molecular complexity index is 934. The molecule has 24 heavy (non-hydrogen) atoms. The molecule has 0 radical (unpaired) electrons. The van der Waals surface area contributed by atoms with E-state index in [4.69, 9.17) is 17.4 Å². The van der Waals surface area contributed by atoms with Crippen molar-refractivity contribution in [1.29, 1.82) is 0 Å². The number of benzene rings is 2. The summed E-state index contributed by atoms with van der Waals surface area (Å²) in [4.78, 5) is 12.2. The standard InChI is InChI=1S/C18H15ClN4O/c19-12-7-9-14-11(10-12)6-8-15-16(18(24)21-20)22-23(17(14)15)13-4-2-1-3-5-13/h1-5,7,9-10H,6,8,20H2,(H,21,24). The first-order valence-electron chi connectivity index (χ1n) is 7.66.